The molecule has 2 unspecified atom stereocenters. The van der Waals surface area contributed by atoms with E-state index in [1.165, 1.54) is 5.56 Å². The minimum Gasteiger partial charge on any atom is -0.462 e. The monoisotopic (exact) mass is 580 g/mol. The van der Waals surface area contributed by atoms with Crippen LogP contribution in [0.15, 0.2) is 58.5 Å². The van der Waals surface area contributed by atoms with Crippen LogP contribution in [0.25, 0.3) is 11.0 Å². The summed E-state index contributed by atoms with van der Waals surface area (Å²) >= 11 is 0. The van der Waals surface area contributed by atoms with Crippen LogP contribution in [0.4, 0.5) is 0 Å². The van der Waals surface area contributed by atoms with E-state index in [1.54, 1.807) is 0 Å². The summed E-state index contributed by atoms with van der Waals surface area (Å²) in [7, 11) is 0. The fourth-order valence-corrected chi connectivity index (χ4v) is 6.42. The van der Waals surface area contributed by atoms with E-state index in [4.69, 9.17) is 13.9 Å². The third-order valence-electron chi connectivity index (χ3n) is 8.49. The van der Waals surface area contributed by atoms with Gasteiger partial charge in [-0.3, -0.25) is 4.79 Å². The van der Waals surface area contributed by atoms with Crippen molar-refractivity contribution < 1.29 is 23.5 Å². The van der Waals surface area contributed by atoms with Gasteiger partial charge in [0, 0.05) is 40.5 Å². The van der Waals surface area contributed by atoms with Gasteiger partial charge in [-0.15, -0.1) is 0 Å². The lowest BCUT2D eigenvalue weighted by Gasteiger charge is -2.20. The molecule has 2 aromatic carbocycles. The van der Waals surface area contributed by atoms with E-state index in [0.717, 1.165) is 59.1 Å². The summed E-state index contributed by atoms with van der Waals surface area (Å²) in [4.78, 5) is 25.5. The van der Waals surface area contributed by atoms with Crippen LogP contribution >= 0.6 is 0 Å². The van der Waals surface area contributed by atoms with Crippen LogP contribution in [0.2, 0.25) is 0 Å². The highest BCUT2D eigenvalue weighted by Crippen LogP contribution is 2.35. The first-order valence-corrected chi connectivity index (χ1v) is 15.8. The zero-order valence-corrected chi connectivity index (χ0v) is 26.2. The molecule has 2 heterocycles. The summed E-state index contributed by atoms with van der Waals surface area (Å²) in [6.07, 6.45) is 7.27. The fraction of sp³-hybridized carbons (Fsp3) is 0.474. The Hall–Kier alpha value is -3.78. The Morgan fingerprint density at radius 2 is 1.70 bits per heavy atom. The molecule has 0 bridgehead atoms. The topological polar surface area (TPSA) is 65.7 Å². The maximum absolute atomic E-state index is 13.0. The van der Waals surface area contributed by atoms with Gasteiger partial charge >= 0.3 is 11.9 Å². The third-order valence-corrected chi connectivity index (χ3v) is 8.49. The molecule has 0 saturated carbocycles. The molecule has 1 saturated heterocycles. The summed E-state index contributed by atoms with van der Waals surface area (Å²) in [6.45, 7) is 11.1. The number of allylic oxidation sites excluding steroid dienone is 1. The molecule has 3 aromatic rings. The molecule has 43 heavy (non-hydrogen) atoms. The maximum Gasteiger partial charge on any atom is 0.334 e. The third kappa shape index (κ3) is 7.99. The van der Waals surface area contributed by atoms with E-state index in [1.807, 2.05) is 24.3 Å². The standard InChI is InChI=1S/C38H44O5/c1-24(2)18-29(19-25(3)4)12-14-30-21-32(42-38(30)40)23-41-37(39)31-15-16-33-34-20-28(13-17-35(34)43-36(33)22-31)11-10-27-8-6-26(5)7-9-27/h6-9,13-14,17,20,24-25,29,31-32H,12,15-16,18-19,21-23H2,1-5H3/b30-14+. The predicted octanol–water partition coefficient (Wildman–Crippen LogP) is 8.13. The minimum atomic E-state index is -0.416. The molecule has 0 spiro atoms. The number of cyclic esters (lactones) is 1. The number of esters is 2. The summed E-state index contributed by atoms with van der Waals surface area (Å²) in [6, 6.07) is 14.2. The molecule has 226 valence electrons. The second kappa shape index (κ2) is 13.7. The summed E-state index contributed by atoms with van der Waals surface area (Å²) in [5, 5.41) is 1.07. The Morgan fingerprint density at radius 1 is 1.00 bits per heavy atom. The quantitative estimate of drug-likeness (QED) is 0.145. The molecule has 0 N–H and O–H groups in total. The first kappa shape index (κ1) is 30.7. The Bertz CT molecular complexity index is 1530. The number of aryl methyl sites for hydroxylation is 2. The van der Waals surface area contributed by atoms with Crippen molar-refractivity contribution in [1.82, 2.24) is 0 Å². The van der Waals surface area contributed by atoms with Crippen LogP contribution in [0, 0.1) is 42.4 Å². The smallest absolute Gasteiger partial charge is 0.334 e. The van der Waals surface area contributed by atoms with Crippen LogP contribution in [-0.4, -0.2) is 24.6 Å². The number of carbonyl (C=O) groups is 2. The van der Waals surface area contributed by atoms with E-state index < -0.39 is 6.10 Å². The van der Waals surface area contributed by atoms with Crippen LogP contribution in [0.3, 0.4) is 0 Å². The lowest BCUT2D eigenvalue weighted by Crippen LogP contribution is -2.27. The minimum absolute atomic E-state index is 0.0931. The average molecular weight is 581 g/mol. The largest absolute Gasteiger partial charge is 0.462 e. The molecule has 1 fully saturated rings. The van der Waals surface area contributed by atoms with Gasteiger partial charge in [-0.25, -0.2) is 4.79 Å². The summed E-state index contributed by atoms with van der Waals surface area (Å²) in [5.41, 5.74) is 5.83. The number of rotatable bonds is 9. The van der Waals surface area contributed by atoms with Crippen molar-refractivity contribution in [2.75, 3.05) is 6.61 Å². The van der Waals surface area contributed by atoms with Gasteiger partial charge in [-0.1, -0.05) is 63.3 Å². The molecule has 1 aromatic heterocycles. The first-order chi connectivity index (χ1) is 20.6. The Morgan fingerprint density at radius 3 is 2.42 bits per heavy atom. The summed E-state index contributed by atoms with van der Waals surface area (Å²) < 4.78 is 17.4. The zero-order valence-electron chi connectivity index (χ0n) is 26.2. The van der Waals surface area contributed by atoms with Crippen LogP contribution in [0.1, 0.15) is 87.8 Å². The number of carbonyl (C=O) groups excluding carboxylic acids is 2. The van der Waals surface area contributed by atoms with Crippen molar-refractivity contribution in [3.8, 4) is 11.8 Å². The molecule has 5 rings (SSSR count). The maximum atomic E-state index is 13.0. The molecule has 1 aliphatic carbocycles. The highest BCUT2D eigenvalue weighted by molar-refractivity contribution is 5.90. The van der Waals surface area contributed by atoms with E-state index >= 15 is 0 Å². The Labute approximate surface area is 256 Å². The van der Waals surface area contributed by atoms with Gasteiger partial charge in [0.15, 0.2) is 0 Å². The lowest BCUT2D eigenvalue weighted by molar-refractivity contribution is -0.156. The zero-order chi connectivity index (χ0) is 30.5. The number of furan rings is 1. The molecule has 2 atom stereocenters. The van der Waals surface area contributed by atoms with Gasteiger partial charge in [0.2, 0.25) is 0 Å². The van der Waals surface area contributed by atoms with Crippen molar-refractivity contribution >= 4 is 22.9 Å². The highest BCUT2D eigenvalue weighted by Gasteiger charge is 2.33. The molecular weight excluding hydrogens is 536 g/mol. The van der Waals surface area contributed by atoms with Gasteiger partial charge in [-0.05, 0) is 87.1 Å². The van der Waals surface area contributed by atoms with Crippen molar-refractivity contribution in [3.05, 3.63) is 82.1 Å². The second-order valence-corrected chi connectivity index (χ2v) is 13.2. The summed E-state index contributed by atoms with van der Waals surface area (Å²) in [5.74, 6) is 8.37. The van der Waals surface area contributed by atoms with Crippen LogP contribution in [0.5, 0.6) is 0 Å². The van der Waals surface area contributed by atoms with Gasteiger partial charge in [0.25, 0.3) is 0 Å². The van der Waals surface area contributed by atoms with Crippen molar-refractivity contribution in [1.29, 1.82) is 0 Å². The van der Waals surface area contributed by atoms with E-state index in [-0.39, 0.29) is 24.5 Å². The van der Waals surface area contributed by atoms with E-state index in [2.05, 4.69) is 70.7 Å². The fourth-order valence-electron chi connectivity index (χ4n) is 6.42. The highest BCUT2D eigenvalue weighted by atomic mass is 16.6. The van der Waals surface area contributed by atoms with Crippen molar-refractivity contribution in [3.63, 3.8) is 0 Å². The van der Waals surface area contributed by atoms with Crippen LogP contribution < -0.4 is 0 Å². The SMILES string of the molecule is Cc1ccc(C#Cc2ccc3oc4c(c3c2)CCC(C(=O)OCC2C/C(=C\CC(CC(C)C)CC(C)C)C(=O)O2)C4)cc1. The van der Waals surface area contributed by atoms with E-state index in [9.17, 15) is 9.59 Å². The number of benzene rings is 2. The second-order valence-electron chi connectivity index (χ2n) is 13.2. The Kier molecular flexibility index (Phi) is 9.76. The van der Waals surface area contributed by atoms with Gasteiger partial charge < -0.3 is 13.9 Å². The lowest BCUT2D eigenvalue weighted by atomic mass is 9.86. The van der Waals surface area contributed by atoms with Gasteiger partial charge in [-0.2, -0.15) is 0 Å². The molecule has 0 radical (unpaired) electrons. The van der Waals surface area contributed by atoms with Crippen LogP contribution in [-0.2, 0) is 31.9 Å². The number of fused-ring (bicyclic) bond motifs is 3. The average Bonchev–Trinajstić information content (AvgIpc) is 3.52. The van der Waals surface area contributed by atoms with Crippen molar-refractivity contribution in [2.24, 2.45) is 23.7 Å². The molecule has 0 amide bonds. The van der Waals surface area contributed by atoms with Crippen molar-refractivity contribution in [2.45, 2.75) is 85.7 Å². The first-order valence-electron chi connectivity index (χ1n) is 15.8. The number of ether oxygens (including phenoxy) is 2. The Balaban J connectivity index is 1.15. The molecule has 1 aliphatic heterocycles. The molecular formula is C38H44O5. The predicted molar refractivity (Wildman–Crippen MR) is 169 cm³/mol. The van der Waals surface area contributed by atoms with Gasteiger partial charge in [0.05, 0.1) is 5.92 Å². The van der Waals surface area contributed by atoms with E-state index in [0.29, 0.717) is 42.6 Å². The molecule has 5 nitrogen and oxygen atoms in total. The normalized spacial score (nSPS) is 19.2. The van der Waals surface area contributed by atoms with Gasteiger partial charge in [0.1, 0.15) is 24.1 Å². The number of hydrogen-bond donors (Lipinski definition) is 0. The molecule has 2 aliphatic rings. The number of hydrogen-bond acceptors (Lipinski definition) is 5. The molecule has 5 heteroatoms.